The Hall–Kier alpha value is -3.70. The van der Waals surface area contributed by atoms with Gasteiger partial charge in [-0.1, -0.05) is 35.9 Å². The summed E-state index contributed by atoms with van der Waals surface area (Å²) in [6.07, 6.45) is 0. The van der Waals surface area contributed by atoms with Gasteiger partial charge >= 0.3 is 0 Å². The highest BCUT2D eigenvalue weighted by Crippen LogP contribution is 2.36. The smallest absolute Gasteiger partial charge is 0.260 e. The summed E-state index contributed by atoms with van der Waals surface area (Å²) in [4.78, 5) is 21.3. The monoisotopic (exact) mass is 541 g/mol. The molecule has 4 aromatic rings. The number of ether oxygens (including phenoxy) is 1. The topological polar surface area (TPSA) is 93.0 Å². The molecule has 0 unspecified atom stereocenters. The van der Waals surface area contributed by atoms with Gasteiger partial charge in [0, 0.05) is 26.2 Å². The van der Waals surface area contributed by atoms with E-state index in [-0.39, 0.29) is 40.0 Å². The molecular weight excluding hydrogens is 517 g/mol. The number of nitrogens with zero attached hydrogens (tertiary/aromatic N) is 3. The number of hydrogen-bond donors (Lipinski definition) is 0. The fourth-order valence-electron chi connectivity index (χ4n) is 3.96. The molecule has 0 N–H and O–H groups in total. The molecule has 3 heterocycles. The van der Waals surface area contributed by atoms with E-state index >= 15 is 0 Å². The Morgan fingerprint density at radius 1 is 1.05 bits per heavy atom. The lowest BCUT2D eigenvalue weighted by molar-refractivity contribution is -0.133. The van der Waals surface area contributed by atoms with Crippen LogP contribution in [-0.4, -0.2) is 57.0 Å². The molecule has 1 amide bonds. The van der Waals surface area contributed by atoms with Crippen molar-refractivity contribution in [2.24, 2.45) is 0 Å². The van der Waals surface area contributed by atoms with Crippen molar-refractivity contribution in [3.8, 4) is 16.5 Å². The van der Waals surface area contributed by atoms with Crippen molar-refractivity contribution >= 4 is 33.0 Å². The summed E-state index contributed by atoms with van der Waals surface area (Å²) in [5.41, 5.74) is 0.943. The number of carbonyl (C=O) groups is 1. The molecule has 8 nitrogen and oxygen atoms in total. The van der Waals surface area contributed by atoms with Crippen LogP contribution in [-0.2, 0) is 14.6 Å². The van der Waals surface area contributed by atoms with Crippen LogP contribution in [0.25, 0.3) is 10.8 Å². The van der Waals surface area contributed by atoms with Gasteiger partial charge in [0.2, 0.25) is 26.6 Å². The molecule has 1 saturated heterocycles. The Kier molecular flexibility index (Phi) is 6.98. The number of amides is 1. The zero-order valence-electron chi connectivity index (χ0n) is 20.0. The number of carbonyl (C=O) groups excluding carboxylic acids is 1. The maximum absolute atomic E-state index is 13.8. The van der Waals surface area contributed by atoms with Gasteiger partial charge in [0.15, 0.2) is 18.2 Å². The minimum Gasteiger partial charge on any atom is -0.481 e. The van der Waals surface area contributed by atoms with Gasteiger partial charge < -0.3 is 19.0 Å². The van der Waals surface area contributed by atoms with Crippen molar-refractivity contribution < 1.29 is 26.8 Å². The van der Waals surface area contributed by atoms with E-state index in [4.69, 9.17) is 9.15 Å². The molecule has 2 aromatic carbocycles. The molecule has 11 heteroatoms. The fraction of sp³-hybridized carbons (Fsp3) is 0.231. The summed E-state index contributed by atoms with van der Waals surface area (Å²) >= 11 is 1.40. The van der Waals surface area contributed by atoms with Gasteiger partial charge in [-0.15, -0.1) is 11.3 Å². The third-order valence-electron chi connectivity index (χ3n) is 6.00. The molecule has 0 radical (unpaired) electrons. The highest BCUT2D eigenvalue weighted by atomic mass is 32.2. The minimum absolute atomic E-state index is 0.0169. The Morgan fingerprint density at radius 3 is 2.46 bits per heavy atom. The van der Waals surface area contributed by atoms with Crippen LogP contribution < -0.4 is 9.64 Å². The van der Waals surface area contributed by atoms with Gasteiger partial charge in [-0.25, -0.2) is 12.8 Å². The Labute approximate surface area is 217 Å². The number of benzene rings is 2. The van der Waals surface area contributed by atoms with Gasteiger partial charge in [-0.05, 0) is 42.6 Å². The van der Waals surface area contributed by atoms with Crippen molar-refractivity contribution in [2.75, 3.05) is 37.7 Å². The van der Waals surface area contributed by atoms with Crippen molar-refractivity contribution in [3.63, 3.8) is 0 Å². The first-order chi connectivity index (χ1) is 17.8. The molecule has 1 aliphatic heterocycles. The molecule has 1 fully saturated rings. The summed E-state index contributed by atoms with van der Waals surface area (Å²) in [6, 6.07) is 16.1. The van der Waals surface area contributed by atoms with Crippen molar-refractivity contribution in [2.45, 2.75) is 16.8 Å². The minimum atomic E-state index is -3.96. The number of piperazine rings is 1. The lowest BCUT2D eigenvalue weighted by Gasteiger charge is -2.34. The van der Waals surface area contributed by atoms with Gasteiger partial charge in [0.05, 0.1) is 9.77 Å². The van der Waals surface area contributed by atoms with Gasteiger partial charge in [0.25, 0.3) is 5.91 Å². The highest BCUT2D eigenvalue weighted by molar-refractivity contribution is 7.91. The molecule has 2 aromatic heterocycles. The van der Waals surface area contributed by atoms with E-state index in [0.29, 0.717) is 31.1 Å². The second-order valence-corrected chi connectivity index (χ2v) is 11.3. The van der Waals surface area contributed by atoms with E-state index in [1.807, 2.05) is 24.4 Å². The first-order valence-corrected chi connectivity index (χ1v) is 14.0. The van der Waals surface area contributed by atoms with Crippen LogP contribution in [0.1, 0.15) is 5.56 Å². The summed E-state index contributed by atoms with van der Waals surface area (Å²) in [5.74, 6) is -0.420. The summed E-state index contributed by atoms with van der Waals surface area (Å²) in [7, 11) is -3.96. The Bertz CT molecular complexity index is 1490. The van der Waals surface area contributed by atoms with Crippen LogP contribution in [0.2, 0.25) is 0 Å². The number of aryl methyl sites for hydroxylation is 1. The third kappa shape index (κ3) is 5.23. The molecule has 5 rings (SSSR count). The molecular formula is C26H24FN3O5S2. The normalized spacial score (nSPS) is 14.1. The maximum Gasteiger partial charge on any atom is 0.260 e. The largest absolute Gasteiger partial charge is 0.481 e. The van der Waals surface area contributed by atoms with E-state index in [9.17, 15) is 17.6 Å². The number of anilines is 1. The lowest BCUT2D eigenvalue weighted by Crippen LogP contribution is -2.50. The SMILES string of the molecule is Cc1ccc(S(=O)(=O)c2nc(-c3cccs3)oc2N2CCN(C(=O)COc3ccccc3F)CC2)cc1. The zero-order chi connectivity index (χ0) is 26.0. The lowest BCUT2D eigenvalue weighted by atomic mass is 10.2. The number of para-hydroxylation sites is 1. The predicted octanol–water partition coefficient (Wildman–Crippen LogP) is 4.41. The summed E-state index contributed by atoms with van der Waals surface area (Å²) in [5, 5.41) is 1.71. The van der Waals surface area contributed by atoms with Crippen LogP contribution in [0.5, 0.6) is 5.75 Å². The van der Waals surface area contributed by atoms with Gasteiger partial charge in [-0.3, -0.25) is 4.79 Å². The van der Waals surface area contributed by atoms with Crippen molar-refractivity contribution in [3.05, 3.63) is 77.4 Å². The first-order valence-electron chi connectivity index (χ1n) is 11.6. The second-order valence-electron chi connectivity index (χ2n) is 8.51. The number of aromatic nitrogens is 1. The molecule has 0 spiro atoms. The van der Waals surface area contributed by atoms with E-state index in [2.05, 4.69) is 4.98 Å². The quantitative estimate of drug-likeness (QED) is 0.342. The Morgan fingerprint density at radius 2 is 1.78 bits per heavy atom. The van der Waals surface area contributed by atoms with E-state index in [1.54, 1.807) is 46.2 Å². The number of thiophene rings is 1. The molecule has 0 atom stereocenters. The van der Waals surface area contributed by atoms with Crippen LogP contribution >= 0.6 is 11.3 Å². The molecule has 37 heavy (non-hydrogen) atoms. The standard InChI is InChI=1S/C26H24FN3O5S2/c1-18-8-10-19(11-9-18)37(32,33)25-26(35-24(28-25)22-7-4-16-36-22)30-14-12-29(13-15-30)23(31)17-34-21-6-3-2-5-20(21)27/h2-11,16H,12-15,17H2,1H3. The highest BCUT2D eigenvalue weighted by Gasteiger charge is 2.33. The number of halogens is 1. The average Bonchev–Trinajstić information content (AvgIpc) is 3.59. The molecule has 192 valence electrons. The average molecular weight is 542 g/mol. The van der Waals surface area contributed by atoms with Crippen LogP contribution in [0.3, 0.4) is 0 Å². The van der Waals surface area contributed by atoms with Gasteiger partial charge in [0.1, 0.15) is 0 Å². The number of rotatable bonds is 7. The zero-order valence-corrected chi connectivity index (χ0v) is 21.6. The number of oxazole rings is 1. The Balaban J connectivity index is 1.35. The molecule has 1 aliphatic rings. The number of hydrogen-bond acceptors (Lipinski definition) is 8. The van der Waals surface area contributed by atoms with Crippen LogP contribution in [0.15, 0.2) is 80.4 Å². The summed E-state index contributed by atoms with van der Waals surface area (Å²) in [6.45, 7) is 2.90. The second kappa shape index (κ2) is 10.3. The van der Waals surface area contributed by atoms with Crippen LogP contribution in [0.4, 0.5) is 10.3 Å². The summed E-state index contributed by atoms with van der Waals surface area (Å²) < 4.78 is 52.3. The van der Waals surface area contributed by atoms with Crippen LogP contribution in [0, 0.1) is 12.7 Å². The molecule has 0 bridgehead atoms. The third-order valence-corrected chi connectivity index (χ3v) is 8.53. The first kappa shape index (κ1) is 25.0. The molecule has 0 saturated carbocycles. The van der Waals surface area contributed by atoms with E-state index in [0.717, 1.165) is 5.56 Å². The number of sulfone groups is 1. The maximum atomic E-state index is 13.8. The van der Waals surface area contributed by atoms with Crippen molar-refractivity contribution in [1.82, 2.24) is 9.88 Å². The predicted molar refractivity (Wildman–Crippen MR) is 137 cm³/mol. The molecule has 0 aliphatic carbocycles. The van der Waals surface area contributed by atoms with E-state index in [1.165, 1.54) is 23.5 Å². The fourth-order valence-corrected chi connectivity index (χ4v) is 5.93. The van der Waals surface area contributed by atoms with Crippen molar-refractivity contribution in [1.29, 1.82) is 0 Å². The van der Waals surface area contributed by atoms with E-state index < -0.39 is 15.7 Å². The van der Waals surface area contributed by atoms with Gasteiger partial charge in [-0.2, -0.15) is 4.98 Å².